The second-order valence-electron chi connectivity index (χ2n) is 4.01. The van der Waals surface area contributed by atoms with Crippen molar-refractivity contribution in [2.75, 3.05) is 5.32 Å². The Bertz CT molecular complexity index is 541. The first-order valence-electron chi connectivity index (χ1n) is 5.33. The number of nitrogens with one attached hydrogen (secondary N) is 2. The van der Waals surface area contributed by atoms with Crippen molar-refractivity contribution >= 4 is 23.2 Å². The number of anilines is 1. The number of carbonyl (C=O) groups is 2. The van der Waals surface area contributed by atoms with Crippen LogP contribution in [-0.2, 0) is 16.0 Å². The second kappa shape index (κ2) is 4.44. The Hall–Kier alpha value is -2.44. The molecule has 94 valence electrons. The van der Waals surface area contributed by atoms with Gasteiger partial charge in [-0.2, -0.15) is 0 Å². The van der Waals surface area contributed by atoms with E-state index in [0.717, 1.165) is 0 Å². The van der Waals surface area contributed by atoms with Crippen molar-refractivity contribution in [1.82, 2.24) is 5.32 Å². The largest absolute Gasteiger partial charge is 0.344 e. The number of benzene rings is 1. The van der Waals surface area contributed by atoms with Crippen LogP contribution in [0.3, 0.4) is 0 Å². The third-order valence-corrected chi connectivity index (χ3v) is 2.69. The van der Waals surface area contributed by atoms with Crippen molar-refractivity contribution in [2.24, 2.45) is 0 Å². The standard InChI is InChI=1S/C11H11N3O4/c1-6(15)12-8-5-7-3-2-4-9(14(17)18)10(7)13-11(8)16/h2-4,8H,5H2,1H3,(H,12,15)(H,13,16). The smallest absolute Gasteiger partial charge is 0.293 e. The first-order valence-corrected chi connectivity index (χ1v) is 5.33. The van der Waals surface area contributed by atoms with E-state index in [-0.39, 0.29) is 23.7 Å². The zero-order valence-electron chi connectivity index (χ0n) is 9.60. The topological polar surface area (TPSA) is 101 Å². The van der Waals surface area contributed by atoms with E-state index < -0.39 is 16.9 Å². The summed E-state index contributed by atoms with van der Waals surface area (Å²) in [6.45, 7) is 1.32. The van der Waals surface area contributed by atoms with Crippen LogP contribution in [0, 0.1) is 10.1 Å². The molecule has 7 heteroatoms. The minimum absolute atomic E-state index is 0.137. The third-order valence-electron chi connectivity index (χ3n) is 2.69. The first-order chi connectivity index (χ1) is 8.49. The van der Waals surface area contributed by atoms with Crippen LogP contribution in [0.25, 0.3) is 0 Å². The Morgan fingerprint density at radius 1 is 1.56 bits per heavy atom. The van der Waals surface area contributed by atoms with Crippen molar-refractivity contribution in [1.29, 1.82) is 0 Å². The van der Waals surface area contributed by atoms with Gasteiger partial charge in [0.2, 0.25) is 11.8 Å². The van der Waals surface area contributed by atoms with Crippen LogP contribution in [0.4, 0.5) is 11.4 Å². The van der Waals surface area contributed by atoms with Crippen LogP contribution in [0.1, 0.15) is 12.5 Å². The zero-order valence-corrected chi connectivity index (χ0v) is 9.60. The summed E-state index contributed by atoms with van der Waals surface area (Å²) >= 11 is 0. The molecule has 1 unspecified atom stereocenters. The molecule has 0 aromatic heterocycles. The van der Waals surface area contributed by atoms with E-state index in [1.54, 1.807) is 12.1 Å². The van der Waals surface area contributed by atoms with E-state index in [1.165, 1.54) is 13.0 Å². The van der Waals surface area contributed by atoms with Gasteiger partial charge in [-0.3, -0.25) is 19.7 Å². The van der Waals surface area contributed by atoms with Gasteiger partial charge in [-0.15, -0.1) is 0 Å². The molecule has 0 spiro atoms. The van der Waals surface area contributed by atoms with Gasteiger partial charge in [0.05, 0.1) is 4.92 Å². The van der Waals surface area contributed by atoms with E-state index in [2.05, 4.69) is 10.6 Å². The first kappa shape index (κ1) is 12.0. The average Bonchev–Trinajstić information content (AvgIpc) is 2.28. The Labute approximate surface area is 102 Å². The molecule has 1 aromatic carbocycles. The average molecular weight is 249 g/mol. The Morgan fingerprint density at radius 3 is 2.89 bits per heavy atom. The highest BCUT2D eigenvalue weighted by Crippen LogP contribution is 2.31. The van der Waals surface area contributed by atoms with Crippen molar-refractivity contribution < 1.29 is 14.5 Å². The Balaban J connectivity index is 2.36. The number of amides is 2. The van der Waals surface area contributed by atoms with Crippen LogP contribution >= 0.6 is 0 Å². The maximum atomic E-state index is 11.7. The second-order valence-corrected chi connectivity index (χ2v) is 4.01. The van der Waals surface area contributed by atoms with Crippen LogP contribution in [0.2, 0.25) is 0 Å². The summed E-state index contributed by atoms with van der Waals surface area (Å²) in [7, 11) is 0. The molecular formula is C11H11N3O4. The summed E-state index contributed by atoms with van der Waals surface area (Å²) in [5.74, 6) is -0.754. The molecule has 0 saturated heterocycles. The molecule has 1 aliphatic rings. The molecule has 2 amide bonds. The minimum atomic E-state index is -0.683. The summed E-state index contributed by atoms with van der Waals surface area (Å²) in [6.07, 6.45) is 0.252. The molecule has 7 nitrogen and oxygen atoms in total. The van der Waals surface area contributed by atoms with Crippen molar-refractivity contribution in [3.8, 4) is 0 Å². The number of fused-ring (bicyclic) bond motifs is 1. The maximum absolute atomic E-state index is 11.7. The minimum Gasteiger partial charge on any atom is -0.344 e. The molecular weight excluding hydrogens is 238 g/mol. The number of nitro benzene ring substituents is 1. The molecule has 0 saturated carbocycles. The molecule has 0 aliphatic carbocycles. The van der Waals surface area contributed by atoms with Gasteiger partial charge in [0.1, 0.15) is 11.7 Å². The van der Waals surface area contributed by atoms with Crippen LogP contribution in [0.5, 0.6) is 0 Å². The maximum Gasteiger partial charge on any atom is 0.293 e. The lowest BCUT2D eigenvalue weighted by atomic mass is 9.98. The summed E-state index contributed by atoms with van der Waals surface area (Å²) in [5, 5.41) is 15.8. The highest BCUT2D eigenvalue weighted by Gasteiger charge is 2.31. The Morgan fingerprint density at radius 2 is 2.28 bits per heavy atom. The molecule has 0 fully saturated rings. The van der Waals surface area contributed by atoms with Crippen LogP contribution in [-0.4, -0.2) is 22.8 Å². The molecule has 0 radical (unpaired) electrons. The predicted octanol–water partition coefficient (Wildman–Crippen LogP) is 0.594. The molecule has 1 aliphatic heterocycles. The van der Waals surface area contributed by atoms with E-state index in [4.69, 9.17) is 0 Å². The van der Waals surface area contributed by atoms with Gasteiger partial charge in [-0.05, 0) is 5.56 Å². The number of carbonyl (C=O) groups excluding carboxylic acids is 2. The molecule has 1 atom stereocenters. The van der Waals surface area contributed by atoms with E-state index in [9.17, 15) is 19.7 Å². The molecule has 2 N–H and O–H groups in total. The number of hydrogen-bond donors (Lipinski definition) is 2. The van der Waals surface area contributed by atoms with Crippen molar-refractivity contribution in [3.05, 3.63) is 33.9 Å². The molecule has 1 heterocycles. The third kappa shape index (κ3) is 2.15. The number of nitrogens with zero attached hydrogens (tertiary/aromatic N) is 1. The number of hydrogen-bond acceptors (Lipinski definition) is 4. The normalized spacial score (nSPS) is 17.6. The molecule has 2 rings (SSSR count). The highest BCUT2D eigenvalue weighted by atomic mass is 16.6. The van der Waals surface area contributed by atoms with Gasteiger partial charge >= 0.3 is 0 Å². The van der Waals surface area contributed by atoms with Gasteiger partial charge in [0, 0.05) is 19.4 Å². The fourth-order valence-corrected chi connectivity index (χ4v) is 1.94. The summed E-state index contributed by atoms with van der Waals surface area (Å²) in [4.78, 5) is 32.9. The highest BCUT2D eigenvalue weighted by molar-refractivity contribution is 6.01. The van der Waals surface area contributed by atoms with Gasteiger partial charge in [-0.25, -0.2) is 0 Å². The van der Waals surface area contributed by atoms with Crippen molar-refractivity contribution in [2.45, 2.75) is 19.4 Å². The lowest BCUT2D eigenvalue weighted by Gasteiger charge is -2.24. The number of nitro groups is 1. The quantitative estimate of drug-likeness (QED) is 0.591. The van der Waals surface area contributed by atoms with E-state index in [1.807, 2.05) is 0 Å². The van der Waals surface area contributed by atoms with Crippen LogP contribution in [0.15, 0.2) is 18.2 Å². The van der Waals surface area contributed by atoms with Crippen LogP contribution < -0.4 is 10.6 Å². The van der Waals surface area contributed by atoms with Gasteiger partial charge in [0.15, 0.2) is 0 Å². The predicted molar refractivity (Wildman–Crippen MR) is 63.0 cm³/mol. The van der Waals surface area contributed by atoms with Gasteiger partial charge in [-0.1, -0.05) is 12.1 Å². The zero-order chi connectivity index (χ0) is 13.3. The van der Waals surface area contributed by atoms with Gasteiger partial charge < -0.3 is 10.6 Å². The van der Waals surface area contributed by atoms with E-state index in [0.29, 0.717) is 5.56 Å². The fourth-order valence-electron chi connectivity index (χ4n) is 1.94. The lowest BCUT2D eigenvalue weighted by molar-refractivity contribution is -0.384. The SMILES string of the molecule is CC(=O)NC1Cc2cccc([N+](=O)[O-])c2NC1=O. The van der Waals surface area contributed by atoms with Gasteiger partial charge in [0.25, 0.3) is 5.69 Å². The summed E-state index contributed by atoms with van der Waals surface area (Å²) in [5.41, 5.74) is 0.721. The van der Waals surface area contributed by atoms with E-state index >= 15 is 0 Å². The molecule has 18 heavy (non-hydrogen) atoms. The lowest BCUT2D eigenvalue weighted by Crippen LogP contribution is -2.47. The summed E-state index contributed by atoms with van der Waals surface area (Å²) in [6, 6.07) is 3.89. The molecule has 1 aromatic rings. The Kier molecular flexibility index (Phi) is 2.97. The fraction of sp³-hybridized carbons (Fsp3) is 0.273. The molecule has 0 bridgehead atoms. The number of para-hydroxylation sites is 1. The summed E-state index contributed by atoms with van der Waals surface area (Å²) < 4.78 is 0. The van der Waals surface area contributed by atoms with Crippen molar-refractivity contribution in [3.63, 3.8) is 0 Å². The monoisotopic (exact) mass is 249 g/mol. The number of rotatable bonds is 2.